The van der Waals surface area contributed by atoms with E-state index in [1.807, 2.05) is 12.1 Å². The second-order valence-corrected chi connectivity index (χ2v) is 4.43. The molecule has 0 saturated heterocycles. The van der Waals surface area contributed by atoms with Gasteiger partial charge in [-0.25, -0.2) is 0 Å². The Kier molecular flexibility index (Phi) is 3.42. The fourth-order valence-corrected chi connectivity index (χ4v) is 1.94. The lowest BCUT2D eigenvalue weighted by atomic mass is 10.2. The minimum absolute atomic E-state index is 0.245. The van der Waals surface area contributed by atoms with Crippen molar-refractivity contribution in [3.63, 3.8) is 0 Å². The van der Waals surface area contributed by atoms with Crippen LogP contribution in [0, 0.1) is 0 Å². The number of benzene rings is 1. The summed E-state index contributed by atoms with van der Waals surface area (Å²) in [6.45, 7) is 0. The van der Waals surface area contributed by atoms with Crippen LogP contribution in [-0.2, 0) is 0 Å². The first-order chi connectivity index (χ1) is 10.3. The van der Waals surface area contributed by atoms with Crippen LogP contribution in [-0.4, -0.2) is 28.2 Å². The number of hydrogen-bond donors (Lipinski definition) is 3. The number of carbonyl (C=O) groups excluding carboxylic acids is 1. The van der Waals surface area contributed by atoms with E-state index in [2.05, 4.69) is 20.5 Å². The number of nitrogens with zero attached hydrogens (tertiary/aromatic N) is 1. The van der Waals surface area contributed by atoms with Crippen LogP contribution < -0.4 is 10.1 Å². The highest BCUT2D eigenvalue weighted by Crippen LogP contribution is 2.18. The summed E-state index contributed by atoms with van der Waals surface area (Å²) in [6, 6.07) is 12.6. The molecule has 0 bridgehead atoms. The highest BCUT2D eigenvalue weighted by atomic mass is 16.5. The number of methoxy groups -OCH3 is 1. The summed E-state index contributed by atoms with van der Waals surface area (Å²) in [4.78, 5) is 15.2. The van der Waals surface area contributed by atoms with E-state index < -0.39 is 0 Å². The zero-order chi connectivity index (χ0) is 14.7. The standard InChI is InChI=1S/C15H14N4O2/c1-21-11-6-4-10(5-7-11)17-15(20)14-9-13(18-19-14)12-3-2-8-16-12/h2-9,16H,1H3,(H,17,20)(H,18,19). The molecule has 3 rings (SSSR count). The maximum absolute atomic E-state index is 12.1. The number of aromatic nitrogens is 3. The van der Waals surface area contributed by atoms with E-state index in [4.69, 9.17) is 4.74 Å². The largest absolute Gasteiger partial charge is 0.497 e. The second-order valence-electron chi connectivity index (χ2n) is 4.43. The Hall–Kier alpha value is -3.02. The predicted molar refractivity (Wildman–Crippen MR) is 79.3 cm³/mol. The van der Waals surface area contributed by atoms with Gasteiger partial charge in [0.15, 0.2) is 0 Å². The van der Waals surface area contributed by atoms with Crippen molar-refractivity contribution < 1.29 is 9.53 Å². The Bertz CT molecular complexity index is 729. The molecule has 0 fully saturated rings. The molecular weight excluding hydrogens is 268 g/mol. The molecule has 0 spiro atoms. The van der Waals surface area contributed by atoms with Gasteiger partial charge >= 0.3 is 0 Å². The van der Waals surface area contributed by atoms with Crippen LogP contribution in [0.3, 0.4) is 0 Å². The van der Waals surface area contributed by atoms with E-state index in [9.17, 15) is 4.79 Å². The number of anilines is 1. The number of ether oxygens (including phenoxy) is 1. The average molecular weight is 282 g/mol. The smallest absolute Gasteiger partial charge is 0.273 e. The van der Waals surface area contributed by atoms with Gasteiger partial charge in [-0.05, 0) is 42.5 Å². The van der Waals surface area contributed by atoms with Gasteiger partial charge in [0.2, 0.25) is 0 Å². The summed E-state index contributed by atoms with van der Waals surface area (Å²) in [6.07, 6.45) is 1.81. The molecule has 2 heterocycles. The first-order valence-electron chi connectivity index (χ1n) is 6.41. The minimum atomic E-state index is -0.245. The van der Waals surface area contributed by atoms with Crippen molar-refractivity contribution in [1.82, 2.24) is 15.2 Å². The van der Waals surface area contributed by atoms with E-state index in [1.165, 1.54) is 0 Å². The van der Waals surface area contributed by atoms with Gasteiger partial charge in [0.05, 0.1) is 12.8 Å². The summed E-state index contributed by atoms with van der Waals surface area (Å²) in [5.41, 5.74) is 2.64. The van der Waals surface area contributed by atoms with Gasteiger partial charge in [-0.15, -0.1) is 0 Å². The Morgan fingerprint density at radius 1 is 1.24 bits per heavy atom. The highest BCUT2D eigenvalue weighted by Gasteiger charge is 2.11. The van der Waals surface area contributed by atoms with E-state index in [-0.39, 0.29) is 5.91 Å². The molecule has 3 N–H and O–H groups in total. The van der Waals surface area contributed by atoms with Gasteiger partial charge in [-0.2, -0.15) is 5.10 Å². The molecule has 3 aromatic rings. The third-order valence-electron chi connectivity index (χ3n) is 3.04. The van der Waals surface area contributed by atoms with Crippen molar-refractivity contribution in [2.45, 2.75) is 0 Å². The van der Waals surface area contributed by atoms with Crippen LogP contribution in [0.1, 0.15) is 10.5 Å². The van der Waals surface area contributed by atoms with Crippen LogP contribution in [0.2, 0.25) is 0 Å². The molecule has 6 heteroatoms. The van der Waals surface area contributed by atoms with Crippen molar-refractivity contribution in [3.05, 3.63) is 54.4 Å². The van der Waals surface area contributed by atoms with Gasteiger partial charge < -0.3 is 15.0 Å². The number of rotatable bonds is 4. The Morgan fingerprint density at radius 2 is 2.05 bits per heavy atom. The molecule has 106 valence electrons. The fourth-order valence-electron chi connectivity index (χ4n) is 1.94. The normalized spacial score (nSPS) is 10.3. The van der Waals surface area contributed by atoms with E-state index >= 15 is 0 Å². The molecule has 21 heavy (non-hydrogen) atoms. The van der Waals surface area contributed by atoms with Crippen molar-refractivity contribution in [2.75, 3.05) is 12.4 Å². The van der Waals surface area contributed by atoms with Crippen LogP contribution in [0.5, 0.6) is 5.75 Å². The van der Waals surface area contributed by atoms with Gasteiger partial charge in [0, 0.05) is 11.9 Å². The summed E-state index contributed by atoms with van der Waals surface area (Å²) >= 11 is 0. The van der Waals surface area contributed by atoms with Crippen molar-refractivity contribution in [3.8, 4) is 17.1 Å². The minimum Gasteiger partial charge on any atom is -0.497 e. The first-order valence-corrected chi connectivity index (χ1v) is 6.41. The number of hydrogen-bond acceptors (Lipinski definition) is 3. The van der Waals surface area contributed by atoms with Crippen molar-refractivity contribution in [2.24, 2.45) is 0 Å². The zero-order valence-corrected chi connectivity index (χ0v) is 11.4. The van der Waals surface area contributed by atoms with Crippen molar-refractivity contribution in [1.29, 1.82) is 0 Å². The van der Waals surface area contributed by atoms with Gasteiger partial charge in [0.1, 0.15) is 17.1 Å². The Morgan fingerprint density at radius 3 is 2.71 bits per heavy atom. The van der Waals surface area contributed by atoms with Crippen LogP contribution in [0.15, 0.2) is 48.7 Å². The van der Waals surface area contributed by atoms with Crippen LogP contribution in [0.4, 0.5) is 5.69 Å². The van der Waals surface area contributed by atoms with E-state index in [0.29, 0.717) is 17.1 Å². The average Bonchev–Trinajstić information content (AvgIpc) is 3.19. The molecule has 0 unspecified atom stereocenters. The maximum Gasteiger partial charge on any atom is 0.273 e. The van der Waals surface area contributed by atoms with E-state index in [1.54, 1.807) is 43.6 Å². The zero-order valence-electron chi connectivity index (χ0n) is 11.4. The first kappa shape index (κ1) is 13.0. The van der Waals surface area contributed by atoms with E-state index in [0.717, 1.165) is 11.4 Å². The number of H-pyrrole nitrogens is 2. The third kappa shape index (κ3) is 2.79. The molecule has 6 nitrogen and oxygen atoms in total. The molecule has 0 radical (unpaired) electrons. The topological polar surface area (TPSA) is 82.8 Å². The number of amides is 1. The van der Waals surface area contributed by atoms with Crippen LogP contribution >= 0.6 is 0 Å². The lowest BCUT2D eigenvalue weighted by molar-refractivity contribution is 0.102. The van der Waals surface area contributed by atoms with Crippen LogP contribution in [0.25, 0.3) is 11.4 Å². The van der Waals surface area contributed by atoms with Crippen molar-refractivity contribution >= 4 is 11.6 Å². The maximum atomic E-state index is 12.1. The summed E-state index contributed by atoms with van der Waals surface area (Å²) < 4.78 is 5.07. The highest BCUT2D eigenvalue weighted by molar-refractivity contribution is 6.03. The lowest BCUT2D eigenvalue weighted by Gasteiger charge is -2.04. The molecule has 0 aliphatic carbocycles. The molecule has 0 saturated carbocycles. The molecule has 0 aliphatic rings. The molecule has 0 aliphatic heterocycles. The number of carbonyl (C=O) groups is 1. The SMILES string of the molecule is COc1ccc(NC(=O)c2cc(-c3ccc[nH]3)n[nH]2)cc1. The Labute approximate surface area is 121 Å². The van der Waals surface area contributed by atoms with Gasteiger partial charge in [-0.3, -0.25) is 9.89 Å². The van der Waals surface area contributed by atoms with Gasteiger partial charge in [-0.1, -0.05) is 0 Å². The quantitative estimate of drug-likeness (QED) is 0.688. The third-order valence-corrected chi connectivity index (χ3v) is 3.04. The molecule has 2 aromatic heterocycles. The summed E-state index contributed by atoms with van der Waals surface area (Å²) in [5.74, 6) is 0.494. The molecule has 1 amide bonds. The summed E-state index contributed by atoms with van der Waals surface area (Å²) in [5, 5.41) is 9.63. The van der Waals surface area contributed by atoms with Gasteiger partial charge in [0.25, 0.3) is 5.91 Å². The summed E-state index contributed by atoms with van der Waals surface area (Å²) in [7, 11) is 1.60. The lowest BCUT2D eigenvalue weighted by Crippen LogP contribution is -2.12. The molecule has 1 aromatic carbocycles. The molecular formula is C15H14N4O2. The number of aromatic amines is 2. The monoisotopic (exact) mass is 282 g/mol. The Balaban J connectivity index is 1.73. The fraction of sp³-hybridized carbons (Fsp3) is 0.0667. The second kappa shape index (κ2) is 5.54. The molecule has 0 atom stereocenters. The number of nitrogens with one attached hydrogen (secondary N) is 3. The predicted octanol–water partition coefficient (Wildman–Crippen LogP) is 2.67.